The maximum Gasteiger partial charge on any atom is 0.253 e. The minimum atomic E-state index is -0.0527. The molecule has 0 aliphatic rings. The number of amides is 1. The van der Waals surface area contributed by atoms with Crippen molar-refractivity contribution >= 4 is 23.4 Å². The van der Waals surface area contributed by atoms with Gasteiger partial charge >= 0.3 is 0 Å². The number of nitrogens with zero attached hydrogens (tertiary/aromatic N) is 1. The first kappa shape index (κ1) is 15.8. The zero-order valence-corrected chi connectivity index (χ0v) is 12.9. The molecule has 1 aromatic heterocycles. The number of rotatable bonds is 7. The molecule has 4 nitrogen and oxygen atoms in total. The van der Waals surface area contributed by atoms with Crippen molar-refractivity contribution in [2.75, 3.05) is 24.7 Å². The van der Waals surface area contributed by atoms with E-state index >= 15 is 0 Å². The van der Waals surface area contributed by atoms with Crippen LogP contribution in [0.25, 0.3) is 0 Å². The summed E-state index contributed by atoms with van der Waals surface area (Å²) in [5.74, 6) is -0.0527. The topological polar surface area (TPSA) is 54.0 Å². The van der Waals surface area contributed by atoms with Crippen LogP contribution in [0.3, 0.4) is 0 Å². The van der Waals surface area contributed by atoms with Gasteiger partial charge in [-0.25, -0.2) is 0 Å². The zero-order valence-electron chi connectivity index (χ0n) is 12.1. The van der Waals surface area contributed by atoms with Crippen LogP contribution in [-0.4, -0.2) is 35.0 Å². The highest BCUT2D eigenvalue weighted by Crippen LogP contribution is 2.20. The highest BCUT2D eigenvalue weighted by Gasteiger charge is 2.18. The smallest absolute Gasteiger partial charge is 0.253 e. The van der Waals surface area contributed by atoms with Crippen LogP contribution in [0, 0.1) is 0 Å². The molecule has 1 rings (SSSR count). The third-order valence-electron chi connectivity index (χ3n) is 2.86. The second-order valence-corrected chi connectivity index (χ2v) is 6.51. The molecule has 0 unspecified atom stereocenters. The Balaban J connectivity index is 2.71. The monoisotopic (exact) mass is 281 g/mol. The fraction of sp³-hybridized carbons (Fsp3) is 0.571. The van der Waals surface area contributed by atoms with E-state index in [1.54, 1.807) is 30.2 Å². The van der Waals surface area contributed by atoms with Crippen molar-refractivity contribution in [2.45, 2.75) is 31.9 Å². The van der Waals surface area contributed by atoms with Gasteiger partial charge in [-0.15, -0.1) is 0 Å². The molecule has 0 aliphatic carbocycles. The van der Waals surface area contributed by atoms with E-state index in [9.17, 15) is 4.79 Å². The average Bonchev–Trinajstić information content (AvgIpc) is 2.43. The number of carbonyl (C=O) groups excluding carboxylic acids is 1. The molecular weight excluding hydrogens is 258 g/mol. The molecule has 0 saturated carbocycles. The molecule has 19 heavy (non-hydrogen) atoms. The normalized spacial score (nSPS) is 11.2. The van der Waals surface area contributed by atoms with Crippen molar-refractivity contribution < 1.29 is 4.79 Å². The van der Waals surface area contributed by atoms with E-state index in [1.807, 2.05) is 6.26 Å². The van der Waals surface area contributed by atoms with Gasteiger partial charge in [0.05, 0.1) is 17.4 Å². The summed E-state index contributed by atoms with van der Waals surface area (Å²) in [6, 6.07) is 1.75. The Hall–Kier alpha value is -1.23. The molecule has 0 spiro atoms. The number of hydrogen-bond donors (Lipinski definition) is 2. The molecule has 0 saturated heterocycles. The summed E-state index contributed by atoms with van der Waals surface area (Å²) in [6.45, 7) is 7.79. The van der Waals surface area contributed by atoms with E-state index < -0.39 is 0 Å². The second kappa shape index (κ2) is 7.38. The van der Waals surface area contributed by atoms with Crippen LogP contribution in [0.5, 0.6) is 0 Å². The lowest BCUT2D eigenvalue weighted by Crippen LogP contribution is -2.36. The van der Waals surface area contributed by atoms with Crippen LogP contribution in [0.4, 0.5) is 5.69 Å². The Labute approximate surface area is 119 Å². The number of nitrogens with one attached hydrogen (secondary N) is 2. The number of carbonyl (C=O) groups is 1. The first-order chi connectivity index (χ1) is 9.00. The van der Waals surface area contributed by atoms with Gasteiger partial charge in [-0.05, 0) is 32.6 Å². The van der Waals surface area contributed by atoms with Gasteiger partial charge < -0.3 is 10.6 Å². The van der Waals surface area contributed by atoms with Gasteiger partial charge in [0.1, 0.15) is 0 Å². The molecule has 1 aromatic rings. The molecule has 0 radical (unpaired) electrons. The van der Waals surface area contributed by atoms with Gasteiger partial charge in [-0.1, -0.05) is 6.92 Å². The van der Waals surface area contributed by atoms with E-state index in [-0.39, 0.29) is 10.7 Å². The lowest BCUT2D eigenvalue weighted by atomic mass is 10.1. The van der Waals surface area contributed by atoms with Crippen LogP contribution in [-0.2, 0) is 0 Å². The summed E-state index contributed by atoms with van der Waals surface area (Å²) in [7, 11) is 0. The summed E-state index contributed by atoms with van der Waals surface area (Å²) < 4.78 is 0.0414. The predicted molar refractivity (Wildman–Crippen MR) is 82.9 cm³/mol. The van der Waals surface area contributed by atoms with Gasteiger partial charge in [-0.2, -0.15) is 11.8 Å². The van der Waals surface area contributed by atoms with Gasteiger partial charge in [0.15, 0.2) is 0 Å². The summed E-state index contributed by atoms with van der Waals surface area (Å²) in [5.41, 5.74) is 1.45. The van der Waals surface area contributed by atoms with E-state index in [2.05, 4.69) is 36.4 Å². The first-order valence-electron chi connectivity index (χ1n) is 6.51. The average molecular weight is 281 g/mol. The van der Waals surface area contributed by atoms with Crippen molar-refractivity contribution in [1.82, 2.24) is 10.3 Å². The molecular formula is C14H23N3OS. The maximum atomic E-state index is 12.2. The van der Waals surface area contributed by atoms with Crippen LogP contribution in [0.2, 0.25) is 0 Å². The minimum absolute atomic E-state index is 0.0414. The molecule has 5 heteroatoms. The van der Waals surface area contributed by atoms with E-state index in [1.165, 1.54) is 0 Å². The van der Waals surface area contributed by atoms with Crippen molar-refractivity contribution in [3.63, 3.8) is 0 Å². The Bertz CT molecular complexity index is 421. The standard InChI is InChI=1S/C14H23N3OS/c1-5-7-16-12-9-15-8-6-11(12)13(18)17-10-14(2,3)19-4/h6,8-9,16H,5,7,10H2,1-4H3,(H,17,18). The summed E-state index contributed by atoms with van der Waals surface area (Å²) in [5, 5.41) is 6.21. The van der Waals surface area contributed by atoms with Gasteiger partial charge in [0, 0.05) is 24.0 Å². The third kappa shape index (κ3) is 5.11. The Morgan fingerprint density at radius 2 is 2.21 bits per heavy atom. The number of anilines is 1. The Morgan fingerprint density at radius 1 is 1.47 bits per heavy atom. The van der Waals surface area contributed by atoms with Gasteiger partial charge in [-0.3, -0.25) is 9.78 Å². The van der Waals surface area contributed by atoms with Crippen LogP contribution < -0.4 is 10.6 Å². The summed E-state index contributed by atoms with van der Waals surface area (Å²) >= 11 is 1.74. The van der Waals surface area contributed by atoms with Crippen molar-refractivity contribution in [1.29, 1.82) is 0 Å². The molecule has 0 bridgehead atoms. The molecule has 2 N–H and O–H groups in total. The van der Waals surface area contributed by atoms with Gasteiger partial charge in [0.2, 0.25) is 0 Å². The van der Waals surface area contributed by atoms with E-state index in [0.717, 1.165) is 18.7 Å². The SMILES string of the molecule is CCCNc1cnccc1C(=O)NCC(C)(C)SC. The first-order valence-corrected chi connectivity index (χ1v) is 7.74. The highest BCUT2D eigenvalue weighted by atomic mass is 32.2. The van der Waals surface area contributed by atoms with E-state index in [0.29, 0.717) is 12.1 Å². The highest BCUT2D eigenvalue weighted by molar-refractivity contribution is 7.99. The van der Waals surface area contributed by atoms with Crippen LogP contribution in [0.15, 0.2) is 18.5 Å². The van der Waals surface area contributed by atoms with Crippen LogP contribution in [0.1, 0.15) is 37.6 Å². The quantitative estimate of drug-likeness (QED) is 0.807. The summed E-state index contributed by atoms with van der Waals surface area (Å²) in [4.78, 5) is 16.3. The predicted octanol–water partition coefficient (Wildman–Crippen LogP) is 2.77. The largest absolute Gasteiger partial charge is 0.383 e. The molecule has 0 atom stereocenters. The third-order valence-corrected chi connectivity index (χ3v) is 4.11. The maximum absolute atomic E-state index is 12.2. The Morgan fingerprint density at radius 3 is 2.84 bits per heavy atom. The fourth-order valence-corrected chi connectivity index (χ4v) is 1.67. The van der Waals surface area contributed by atoms with Crippen molar-refractivity contribution in [3.05, 3.63) is 24.0 Å². The lowest BCUT2D eigenvalue weighted by molar-refractivity contribution is 0.0951. The molecule has 1 heterocycles. The molecule has 0 aromatic carbocycles. The second-order valence-electron chi connectivity index (χ2n) is 4.99. The van der Waals surface area contributed by atoms with Crippen molar-refractivity contribution in [3.8, 4) is 0 Å². The molecule has 0 aliphatic heterocycles. The number of hydrogen-bond acceptors (Lipinski definition) is 4. The fourth-order valence-electron chi connectivity index (χ4n) is 1.45. The summed E-state index contributed by atoms with van der Waals surface area (Å²) in [6.07, 6.45) is 6.40. The van der Waals surface area contributed by atoms with E-state index in [4.69, 9.17) is 0 Å². The van der Waals surface area contributed by atoms with Crippen molar-refractivity contribution in [2.24, 2.45) is 0 Å². The lowest BCUT2D eigenvalue weighted by Gasteiger charge is -2.22. The van der Waals surface area contributed by atoms with Gasteiger partial charge in [0.25, 0.3) is 5.91 Å². The van der Waals surface area contributed by atoms with Crippen LogP contribution >= 0.6 is 11.8 Å². The zero-order chi connectivity index (χ0) is 14.3. The number of pyridine rings is 1. The number of aromatic nitrogens is 1. The molecule has 106 valence electrons. The number of thioether (sulfide) groups is 1. The molecule has 0 fully saturated rings. The minimum Gasteiger partial charge on any atom is -0.383 e. The molecule has 1 amide bonds. The Kier molecular flexibility index (Phi) is 6.15.